The first-order valence-electron chi connectivity index (χ1n) is 6.92. The number of rotatable bonds is 0. The van der Waals surface area contributed by atoms with E-state index in [1.54, 1.807) is 0 Å². The van der Waals surface area contributed by atoms with E-state index in [2.05, 4.69) is 62.2 Å². The largest absolute Gasteiger partial charge is 0.248 e. The molecule has 3 aromatic rings. The van der Waals surface area contributed by atoms with E-state index in [1.165, 1.54) is 10.4 Å². The number of hydrogen-bond donors (Lipinski definition) is 0. The minimum Gasteiger partial charge on any atom is -0.248 e. The fourth-order valence-electron chi connectivity index (χ4n) is 3.17. The van der Waals surface area contributed by atoms with Crippen LogP contribution < -0.4 is 10.7 Å². The third kappa shape index (κ3) is 1.54. The Bertz CT molecular complexity index is 1200. The van der Waals surface area contributed by atoms with Crippen LogP contribution in [0.5, 0.6) is 0 Å². The van der Waals surface area contributed by atoms with E-state index >= 15 is 0 Å². The Hall–Kier alpha value is -1.78. The van der Waals surface area contributed by atoms with Crippen molar-refractivity contribution in [1.29, 1.82) is 0 Å². The van der Waals surface area contributed by atoms with Crippen molar-refractivity contribution in [2.75, 3.05) is 0 Å². The number of nitrogens with zero attached hydrogens (tertiary/aromatic N) is 2. The second kappa shape index (κ2) is 4.37. The molecule has 0 saturated carbocycles. The molecule has 0 radical (unpaired) electrons. The van der Waals surface area contributed by atoms with Gasteiger partial charge in [0.05, 0.1) is 22.1 Å². The molecule has 0 saturated heterocycles. The average Bonchev–Trinajstić information content (AvgIpc) is 3.09. The van der Waals surface area contributed by atoms with E-state index in [-0.39, 0.29) is 0 Å². The van der Waals surface area contributed by atoms with Crippen molar-refractivity contribution in [2.45, 2.75) is 0 Å². The Morgan fingerprint density at radius 3 is 2.45 bits per heavy atom. The van der Waals surface area contributed by atoms with Crippen molar-refractivity contribution in [2.24, 2.45) is 9.98 Å². The molecule has 22 heavy (non-hydrogen) atoms. The molecule has 0 spiro atoms. The van der Waals surface area contributed by atoms with E-state index in [4.69, 9.17) is 9.98 Å². The molecular formula is C18H8Br2N2. The number of halogens is 2. The molecule has 0 bridgehead atoms. The molecule has 0 aromatic heterocycles. The molecule has 4 heteroatoms. The van der Waals surface area contributed by atoms with Gasteiger partial charge in [-0.2, -0.15) is 0 Å². The first-order valence-corrected chi connectivity index (χ1v) is 8.51. The van der Waals surface area contributed by atoms with E-state index < -0.39 is 0 Å². The van der Waals surface area contributed by atoms with E-state index in [9.17, 15) is 0 Å². The van der Waals surface area contributed by atoms with Crippen LogP contribution in [0.25, 0.3) is 11.1 Å². The van der Waals surface area contributed by atoms with Gasteiger partial charge < -0.3 is 0 Å². The molecule has 2 nitrogen and oxygen atoms in total. The standard InChI is InChI=1S/C18H8Br2N2/c19-11-6-8-13-15(17(11)20)16-14(21-13)7-5-10-9-3-1-2-4-12(9)22-18(10)16/h1-8H. The molecule has 0 unspecified atom stereocenters. The molecule has 5 rings (SSSR count). The summed E-state index contributed by atoms with van der Waals surface area (Å²) in [4.78, 5) is 9.61. The quantitative estimate of drug-likeness (QED) is 0.353. The second-order valence-electron chi connectivity index (χ2n) is 5.35. The van der Waals surface area contributed by atoms with Crippen LogP contribution in [0.2, 0.25) is 0 Å². The minimum absolute atomic E-state index is 0.990. The predicted octanol–water partition coefficient (Wildman–Crippen LogP) is 4.69. The summed E-state index contributed by atoms with van der Waals surface area (Å²) in [6.45, 7) is 0. The summed E-state index contributed by atoms with van der Waals surface area (Å²) in [6.07, 6.45) is 0. The summed E-state index contributed by atoms with van der Waals surface area (Å²) in [6, 6.07) is 16.5. The summed E-state index contributed by atoms with van der Waals surface area (Å²) >= 11 is 7.29. The van der Waals surface area contributed by atoms with E-state index in [0.29, 0.717) is 0 Å². The summed E-state index contributed by atoms with van der Waals surface area (Å²) < 4.78 is 2.06. The molecule has 0 atom stereocenters. The highest BCUT2D eigenvalue weighted by Gasteiger charge is 2.23. The van der Waals surface area contributed by atoms with Crippen LogP contribution in [0.1, 0.15) is 0 Å². The smallest absolute Gasteiger partial charge is 0.0817 e. The van der Waals surface area contributed by atoms with Gasteiger partial charge in [-0.25, -0.2) is 9.98 Å². The first kappa shape index (κ1) is 12.7. The maximum Gasteiger partial charge on any atom is 0.0817 e. The third-order valence-corrected chi connectivity index (χ3v) is 6.16. The summed E-state index contributed by atoms with van der Waals surface area (Å²) in [7, 11) is 0. The van der Waals surface area contributed by atoms with Gasteiger partial charge in [0.1, 0.15) is 0 Å². The zero-order valence-corrected chi connectivity index (χ0v) is 14.4. The van der Waals surface area contributed by atoms with Crippen molar-refractivity contribution < 1.29 is 0 Å². The predicted molar refractivity (Wildman–Crippen MR) is 93.0 cm³/mol. The molecule has 3 aromatic carbocycles. The molecule has 0 N–H and O–H groups in total. The van der Waals surface area contributed by atoms with Gasteiger partial charge in [-0.3, -0.25) is 0 Å². The Labute approximate surface area is 142 Å². The fraction of sp³-hybridized carbons (Fsp3) is 0. The lowest BCUT2D eigenvalue weighted by atomic mass is 10.0. The highest BCUT2D eigenvalue weighted by Crippen LogP contribution is 2.46. The maximum absolute atomic E-state index is 4.86. The maximum atomic E-state index is 4.86. The molecular weight excluding hydrogens is 404 g/mol. The lowest BCUT2D eigenvalue weighted by molar-refractivity contribution is 1.36. The van der Waals surface area contributed by atoms with Gasteiger partial charge in [0.2, 0.25) is 0 Å². The lowest BCUT2D eigenvalue weighted by Gasteiger charge is -2.07. The fourth-order valence-corrected chi connectivity index (χ4v) is 4.04. The molecule has 0 fully saturated rings. The van der Waals surface area contributed by atoms with Gasteiger partial charge >= 0.3 is 0 Å². The van der Waals surface area contributed by atoms with Crippen LogP contribution >= 0.6 is 31.9 Å². The zero-order valence-electron chi connectivity index (χ0n) is 11.3. The first-order chi connectivity index (χ1) is 10.7. The van der Waals surface area contributed by atoms with Gasteiger partial charge in [0.25, 0.3) is 0 Å². The highest BCUT2D eigenvalue weighted by molar-refractivity contribution is 9.13. The van der Waals surface area contributed by atoms with Crippen LogP contribution in [0.3, 0.4) is 0 Å². The van der Waals surface area contributed by atoms with Gasteiger partial charge in [-0.15, -0.1) is 0 Å². The molecule has 104 valence electrons. The normalized spacial score (nSPS) is 12.8. The van der Waals surface area contributed by atoms with Crippen LogP contribution in [0, 0.1) is 10.4 Å². The monoisotopic (exact) mass is 410 g/mol. The van der Waals surface area contributed by atoms with E-state index in [1.807, 2.05) is 18.2 Å². The average molecular weight is 412 g/mol. The Morgan fingerprint density at radius 2 is 1.55 bits per heavy atom. The SMILES string of the molecule is Brc1ccc2c(c1Br)-c1c3c(ccc1=N2)=c1ccccc1=N3. The highest BCUT2D eigenvalue weighted by atomic mass is 79.9. The summed E-state index contributed by atoms with van der Waals surface area (Å²) in [5, 5.41) is 4.40. The van der Waals surface area contributed by atoms with Gasteiger partial charge in [-0.05, 0) is 62.2 Å². The van der Waals surface area contributed by atoms with Crippen molar-refractivity contribution in [3.8, 4) is 11.1 Å². The summed E-state index contributed by atoms with van der Waals surface area (Å²) in [5.41, 5.74) is 4.26. The Morgan fingerprint density at radius 1 is 0.682 bits per heavy atom. The van der Waals surface area contributed by atoms with Crippen molar-refractivity contribution in [3.63, 3.8) is 0 Å². The number of fused-ring (bicyclic) bond motifs is 6. The van der Waals surface area contributed by atoms with Crippen LogP contribution in [-0.4, -0.2) is 0 Å². The number of hydrogen-bond acceptors (Lipinski definition) is 2. The van der Waals surface area contributed by atoms with Crippen molar-refractivity contribution in [3.05, 3.63) is 78.6 Å². The van der Waals surface area contributed by atoms with Crippen molar-refractivity contribution >= 4 is 43.2 Å². The number of para-hydroxylation sites is 1. The summed E-state index contributed by atoms with van der Waals surface area (Å²) in [5.74, 6) is 0. The van der Waals surface area contributed by atoms with Crippen LogP contribution in [-0.2, 0) is 0 Å². The van der Waals surface area contributed by atoms with Crippen LogP contribution in [0.15, 0.2) is 67.5 Å². The second-order valence-corrected chi connectivity index (χ2v) is 7.00. The Balaban J connectivity index is 2.01. The van der Waals surface area contributed by atoms with Gasteiger partial charge in [-0.1, -0.05) is 18.2 Å². The Kier molecular flexibility index (Phi) is 2.53. The molecule has 2 aliphatic heterocycles. The number of benzene rings is 3. The van der Waals surface area contributed by atoms with Crippen molar-refractivity contribution in [1.82, 2.24) is 0 Å². The van der Waals surface area contributed by atoms with E-state index in [0.717, 1.165) is 42.2 Å². The molecule has 2 aliphatic rings. The molecule has 0 aliphatic carbocycles. The van der Waals surface area contributed by atoms with Crippen LogP contribution in [0.4, 0.5) is 11.4 Å². The molecule has 0 amide bonds. The van der Waals surface area contributed by atoms with Gasteiger partial charge in [0, 0.05) is 30.5 Å². The minimum atomic E-state index is 0.990. The molecule has 2 heterocycles. The topological polar surface area (TPSA) is 24.7 Å². The van der Waals surface area contributed by atoms with Gasteiger partial charge in [0.15, 0.2) is 0 Å². The lowest BCUT2D eigenvalue weighted by Crippen LogP contribution is -2.00. The third-order valence-electron chi connectivity index (χ3n) is 4.15. The zero-order chi connectivity index (χ0) is 14.8.